The average Bonchev–Trinajstić information content (AvgIpc) is 3.23. The van der Waals surface area contributed by atoms with Crippen LogP contribution in [0.1, 0.15) is 33.5 Å². The normalized spacial score (nSPS) is 12.7. The minimum Gasteiger partial charge on any atom is -0.355 e. The van der Waals surface area contributed by atoms with Crippen LogP contribution in [-0.4, -0.2) is 44.0 Å². The van der Waals surface area contributed by atoms with Gasteiger partial charge in [-0.2, -0.15) is 0 Å². The summed E-state index contributed by atoms with van der Waals surface area (Å²) in [5, 5.41) is 6.05. The number of nitrogens with one attached hydrogen (secondary N) is 3. The van der Waals surface area contributed by atoms with Crippen molar-refractivity contribution in [3.63, 3.8) is 0 Å². The number of amides is 2. The maximum absolute atomic E-state index is 13.4. The molecule has 1 aliphatic heterocycles. The lowest BCUT2D eigenvalue weighted by Gasteiger charge is -2.26. The molecule has 0 unspecified atom stereocenters. The third-order valence-corrected chi connectivity index (χ3v) is 5.61. The zero-order valence-corrected chi connectivity index (χ0v) is 18.9. The highest BCUT2D eigenvalue weighted by molar-refractivity contribution is 6.10. The van der Waals surface area contributed by atoms with Crippen LogP contribution in [0, 0.1) is 0 Å². The van der Waals surface area contributed by atoms with Crippen molar-refractivity contribution in [3.8, 4) is 11.3 Å². The van der Waals surface area contributed by atoms with Gasteiger partial charge in [0.25, 0.3) is 5.91 Å². The van der Waals surface area contributed by atoms with E-state index in [-0.39, 0.29) is 36.4 Å². The van der Waals surface area contributed by atoms with Crippen LogP contribution in [-0.2, 0) is 11.3 Å². The number of pyridine rings is 2. The van der Waals surface area contributed by atoms with Crippen molar-refractivity contribution < 1.29 is 14.4 Å². The molecule has 0 atom stereocenters. The van der Waals surface area contributed by atoms with Crippen LogP contribution in [0.15, 0.2) is 73.1 Å². The average molecular weight is 467 g/mol. The predicted octanol–water partition coefficient (Wildman–Crippen LogP) is 4.01. The molecular weight excluding hydrogens is 444 g/mol. The number of anilines is 3. The molecule has 2 amide bonds. The van der Waals surface area contributed by atoms with Crippen molar-refractivity contribution in [1.82, 2.24) is 19.9 Å². The standard InChI is InChI=1S/C26H22N6O3/c1-16(33)29-22-13-17(10-12-28-22)24-25(30-18-7-3-2-4-8-18)23-20(31-24)14-32(15-21(23)34)26(35)19-9-5-6-11-27-19/h2-13,30-31H,14-15H2,1H3,(H,28,29,33). The van der Waals surface area contributed by atoms with E-state index in [0.717, 1.165) is 11.3 Å². The monoisotopic (exact) mass is 466 g/mol. The minimum atomic E-state index is -0.310. The van der Waals surface area contributed by atoms with Crippen LogP contribution in [0.2, 0.25) is 0 Å². The van der Waals surface area contributed by atoms with Gasteiger partial charge < -0.3 is 20.5 Å². The number of para-hydroxylation sites is 1. The molecule has 0 fully saturated rings. The van der Waals surface area contributed by atoms with Crippen molar-refractivity contribution in [1.29, 1.82) is 0 Å². The van der Waals surface area contributed by atoms with Gasteiger partial charge in [-0.1, -0.05) is 24.3 Å². The summed E-state index contributed by atoms with van der Waals surface area (Å²) in [6.07, 6.45) is 3.14. The Morgan fingerprint density at radius 1 is 0.971 bits per heavy atom. The number of benzene rings is 1. The van der Waals surface area contributed by atoms with E-state index in [1.165, 1.54) is 11.8 Å². The maximum atomic E-state index is 13.4. The van der Waals surface area contributed by atoms with Gasteiger partial charge in [0.1, 0.15) is 11.5 Å². The van der Waals surface area contributed by atoms with E-state index < -0.39 is 0 Å². The van der Waals surface area contributed by atoms with Gasteiger partial charge in [0.15, 0.2) is 5.78 Å². The summed E-state index contributed by atoms with van der Waals surface area (Å²) in [6.45, 7) is 1.58. The molecule has 0 saturated heterocycles. The lowest BCUT2D eigenvalue weighted by molar-refractivity contribution is -0.114. The van der Waals surface area contributed by atoms with Gasteiger partial charge in [-0.05, 0) is 36.4 Å². The quantitative estimate of drug-likeness (QED) is 0.409. The molecule has 0 radical (unpaired) electrons. The molecular formula is C26H22N6O3. The van der Waals surface area contributed by atoms with Crippen LogP contribution in [0.3, 0.4) is 0 Å². The number of carbonyl (C=O) groups excluding carboxylic acids is 3. The molecule has 3 N–H and O–H groups in total. The maximum Gasteiger partial charge on any atom is 0.273 e. The molecule has 0 saturated carbocycles. The Morgan fingerprint density at radius 3 is 2.51 bits per heavy atom. The summed E-state index contributed by atoms with van der Waals surface area (Å²) in [7, 11) is 0. The summed E-state index contributed by atoms with van der Waals surface area (Å²) in [5.74, 6) is -0.337. The third-order valence-electron chi connectivity index (χ3n) is 5.61. The van der Waals surface area contributed by atoms with E-state index in [1.54, 1.807) is 42.7 Å². The van der Waals surface area contributed by atoms with E-state index in [4.69, 9.17) is 0 Å². The van der Waals surface area contributed by atoms with Gasteiger partial charge in [0.05, 0.1) is 30.0 Å². The molecule has 0 aliphatic carbocycles. The molecule has 5 rings (SSSR count). The van der Waals surface area contributed by atoms with Crippen molar-refractivity contribution in [2.24, 2.45) is 0 Å². The Bertz CT molecular complexity index is 1420. The molecule has 9 heteroatoms. The molecule has 35 heavy (non-hydrogen) atoms. The Balaban J connectivity index is 1.57. The number of hydrogen-bond donors (Lipinski definition) is 3. The summed E-state index contributed by atoms with van der Waals surface area (Å²) in [4.78, 5) is 51.0. The Morgan fingerprint density at radius 2 is 1.77 bits per heavy atom. The van der Waals surface area contributed by atoms with Crippen LogP contribution < -0.4 is 10.6 Å². The molecule has 174 valence electrons. The summed E-state index contributed by atoms with van der Waals surface area (Å²) in [5.41, 5.74) is 4.23. The summed E-state index contributed by atoms with van der Waals surface area (Å²) < 4.78 is 0. The number of nitrogens with zero attached hydrogens (tertiary/aromatic N) is 3. The van der Waals surface area contributed by atoms with E-state index in [9.17, 15) is 14.4 Å². The second-order valence-electron chi connectivity index (χ2n) is 8.13. The smallest absolute Gasteiger partial charge is 0.273 e. The van der Waals surface area contributed by atoms with Gasteiger partial charge in [-0.3, -0.25) is 19.4 Å². The predicted molar refractivity (Wildman–Crippen MR) is 131 cm³/mol. The topological polar surface area (TPSA) is 120 Å². The molecule has 1 aliphatic rings. The van der Waals surface area contributed by atoms with Crippen molar-refractivity contribution in [2.45, 2.75) is 13.5 Å². The molecule has 0 bridgehead atoms. The molecule has 3 aromatic heterocycles. The fourth-order valence-electron chi connectivity index (χ4n) is 4.11. The Labute approximate surface area is 201 Å². The molecule has 0 spiro atoms. The number of aromatic amines is 1. The minimum absolute atomic E-state index is 0.0589. The molecule has 4 aromatic rings. The number of Topliss-reactive ketones (excluding diaryl/α,β-unsaturated/α-hetero) is 1. The van der Waals surface area contributed by atoms with Gasteiger partial charge >= 0.3 is 0 Å². The lowest BCUT2D eigenvalue weighted by atomic mass is 10.0. The van der Waals surface area contributed by atoms with E-state index >= 15 is 0 Å². The zero-order valence-electron chi connectivity index (χ0n) is 18.9. The zero-order chi connectivity index (χ0) is 24.4. The number of carbonyl (C=O) groups is 3. The van der Waals surface area contributed by atoms with E-state index in [2.05, 4.69) is 25.6 Å². The van der Waals surface area contributed by atoms with Gasteiger partial charge in [-0.15, -0.1) is 0 Å². The van der Waals surface area contributed by atoms with Crippen molar-refractivity contribution >= 4 is 34.8 Å². The van der Waals surface area contributed by atoms with Crippen LogP contribution >= 0.6 is 0 Å². The SMILES string of the molecule is CC(=O)Nc1cc(-c2[nH]c3c(c2Nc2ccccc2)C(=O)CN(C(=O)c2ccccn2)C3)ccn1. The number of hydrogen-bond acceptors (Lipinski definition) is 6. The van der Waals surface area contributed by atoms with E-state index in [1.807, 2.05) is 30.3 Å². The highest BCUT2D eigenvalue weighted by Crippen LogP contribution is 2.38. The highest BCUT2D eigenvalue weighted by Gasteiger charge is 2.33. The summed E-state index contributed by atoms with van der Waals surface area (Å²) in [6, 6.07) is 18.1. The fraction of sp³-hybridized carbons (Fsp3) is 0.115. The number of H-pyrrole nitrogens is 1. The number of fused-ring (bicyclic) bond motifs is 1. The van der Waals surface area contributed by atoms with Crippen molar-refractivity contribution in [3.05, 3.63) is 90.0 Å². The van der Waals surface area contributed by atoms with Crippen molar-refractivity contribution in [2.75, 3.05) is 17.2 Å². The van der Waals surface area contributed by atoms with E-state index in [0.29, 0.717) is 28.5 Å². The van der Waals surface area contributed by atoms with Crippen LogP contribution in [0.25, 0.3) is 11.3 Å². The number of aromatic nitrogens is 3. The second-order valence-corrected chi connectivity index (χ2v) is 8.13. The molecule has 4 heterocycles. The summed E-state index contributed by atoms with van der Waals surface area (Å²) >= 11 is 0. The highest BCUT2D eigenvalue weighted by atomic mass is 16.2. The molecule has 9 nitrogen and oxygen atoms in total. The first kappa shape index (κ1) is 22.0. The first-order chi connectivity index (χ1) is 17.0. The Hall–Kier alpha value is -4.79. The third kappa shape index (κ3) is 4.51. The first-order valence-electron chi connectivity index (χ1n) is 11.0. The number of rotatable bonds is 5. The largest absolute Gasteiger partial charge is 0.355 e. The fourth-order valence-corrected chi connectivity index (χ4v) is 4.11. The van der Waals surface area contributed by atoms with Gasteiger partial charge in [0, 0.05) is 36.3 Å². The van der Waals surface area contributed by atoms with Crippen LogP contribution in [0.4, 0.5) is 17.2 Å². The van der Waals surface area contributed by atoms with Crippen LogP contribution in [0.5, 0.6) is 0 Å². The Kier molecular flexibility index (Phi) is 5.80. The van der Waals surface area contributed by atoms with Gasteiger partial charge in [-0.25, -0.2) is 4.98 Å². The first-order valence-corrected chi connectivity index (χ1v) is 11.0. The number of ketones is 1. The second kappa shape index (κ2) is 9.22. The van der Waals surface area contributed by atoms with Gasteiger partial charge in [0.2, 0.25) is 5.91 Å². The molecule has 1 aromatic carbocycles. The lowest BCUT2D eigenvalue weighted by Crippen LogP contribution is -2.39.